The number of amides is 1. The molecular formula is C15H17NO3. The fourth-order valence-corrected chi connectivity index (χ4v) is 3.00. The highest BCUT2D eigenvalue weighted by atomic mass is 16.4. The third-order valence-electron chi connectivity index (χ3n) is 4.35. The van der Waals surface area contributed by atoms with Gasteiger partial charge in [0, 0.05) is 18.5 Å². The Bertz CT molecular complexity index is 548. The van der Waals surface area contributed by atoms with Crippen molar-refractivity contribution < 1.29 is 14.7 Å². The summed E-state index contributed by atoms with van der Waals surface area (Å²) >= 11 is 0. The zero-order valence-electron chi connectivity index (χ0n) is 10.9. The Kier molecular flexibility index (Phi) is 2.62. The van der Waals surface area contributed by atoms with Crippen LogP contribution in [0.25, 0.3) is 0 Å². The summed E-state index contributed by atoms with van der Waals surface area (Å²) in [5.41, 5.74) is 2.61. The van der Waals surface area contributed by atoms with Crippen molar-refractivity contribution in [3.8, 4) is 0 Å². The van der Waals surface area contributed by atoms with Gasteiger partial charge in [-0.3, -0.25) is 9.59 Å². The molecule has 100 valence electrons. The van der Waals surface area contributed by atoms with E-state index >= 15 is 0 Å². The fraction of sp³-hybridized carbons (Fsp3) is 0.467. The van der Waals surface area contributed by atoms with E-state index in [1.807, 2.05) is 18.2 Å². The molecule has 1 atom stereocenters. The minimum Gasteiger partial charge on any atom is -0.481 e. The Labute approximate surface area is 112 Å². The van der Waals surface area contributed by atoms with E-state index in [9.17, 15) is 9.59 Å². The quantitative estimate of drug-likeness (QED) is 0.824. The maximum atomic E-state index is 12.2. The Morgan fingerprint density at radius 3 is 2.63 bits per heavy atom. The Morgan fingerprint density at radius 2 is 2.00 bits per heavy atom. The molecule has 19 heavy (non-hydrogen) atoms. The van der Waals surface area contributed by atoms with Gasteiger partial charge >= 0.3 is 5.97 Å². The second-order valence-corrected chi connectivity index (χ2v) is 5.69. The molecule has 1 spiro atoms. The molecule has 1 aromatic carbocycles. The lowest BCUT2D eigenvalue weighted by Crippen LogP contribution is -2.45. The van der Waals surface area contributed by atoms with E-state index in [-0.39, 0.29) is 11.3 Å². The predicted octanol–water partition coefficient (Wildman–Crippen LogP) is 1.78. The topological polar surface area (TPSA) is 57.6 Å². The number of aliphatic carboxylic acids is 1. The Hall–Kier alpha value is -1.84. The molecule has 1 aliphatic carbocycles. The number of fused-ring (bicyclic) bond motifs is 2. The lowest BCUT2D eigenvalue weighted by Gasteiger charge is -2.36. The second kappa shape index (κ2) is 4.08. The van der Waals surface area contributed by atoms with Crippen LogP contribution in [0.4, 0.5) is 0 Å². The van der Waals surface area contributed by atoms with Crippen molar-refractivity contribution in [3.05, 3.63) is 35.4 Å². The van der Waals surface area contributed by atoms with E-state index in [1.54, 1.807) is 4.90 Å². The van der Waals surface area contributed by atoms with E-state index in [0.717, 1.165) is 18.4 Å². The summed E-state index contributed by atoms with van der Waals surface area (Å²) in [6, 6.07) is 8.20. The van der Waals surface area contributed by atoms with Crippen molar-refractivity contribution in [2.75, 3.05) is 6.54 Å². The molecule has 1 heterocycles. The van der Waals surface area contributed by atoms with Crippen LogP contribution in [0, 0.1) is 5.92 Å². The first-order valence-corrected chi connectivity index (χ1v) is 6.63. The molecule has 1 aromatic rings. The zero-order chi connectivity index (χ0) is 13.6. The number of carbonyl (C=O) groups excluding carboxylic acids is 1. The van der Waals surface area contributed by atoms with Crippen LogP contribution in [0.15, 0.2) is 24.3 Å². The molecular weight excluding hydrogens is 242 g/mol. The Balaban J connectivity index is 1.89. The molecule has 3 rings (SSSR count). The van der Waals surface area contributed by atoms with Gasteiger partial charge in [0.25, 0.3) is 0 Å². The summed E-state index contributed by atoms with van der Waals surface area (Å²) in [6.07, 6.45) is 2.19. The van der Waals surface area contributed by atoms with E-state index < -0.39 is 11.9 Å². The summed E-state index contributed by atoms with van der Waals surface area (Å²) in [7, 11) is 0. The number of rotatable bonds is 2. The largest absolute Gasteiger partial charge is 0.481 e. The number of carboxylic acid groups (broad SMARTS) is 1. The molecule has 0 bridgehead atoms. The van der Waals surface area contributed by atoms with Gasteiger partial charge in [-0.25, -0.2) is 0 Å². The first-order chi connectivity index (χ1) is 9.03. The summed E-state index contributed by atoms with van der Waals surface area (Å²) in [5.74, 6) is -2.27. The van der Waals surface area contributed by atoms with E-state index in [2.05, 4.69) is 6.07 Å². The van der Waals surface area contributed by atoms with Gasteiger partial charge in [-0.2, -0.15) is 0 Å². The van der Waals surface area contributed by atoms with E-state index in [4.69, 9.17) is 5.11 Å². The third kappa shape index (κ3) is 1.91. The lowest BCUT2D eigenvalue weighted by molar-refractivity contribution is -0.151. The average molecular weight is 259 g/mol. The van der Waals surface area contributed by atoms with Crippen LogP contribution in [-0.2, 0) is 21.5 Å². The van der Waals surface area contributed by atoms with Crippen molar-refractivity contribution >= 4 is 11.9 Å². The molecule has 1 saturated carbocycles. The smallest absolute Gasteiger partial charge is 0.315 e. The molecule has 1 N–H and O–H groups in total. The van der Waals surface area contributed by atoms with Crippen LogP contribution >= 0.6 is 0 Å². The van der Waals surface area contributed by atoms with Gasteiger partial charge in [0.2, 0.25) is 5.91 Å². The fourth-order valence-electron chi connectivity index (χ4n) is 3.00. The maximum absolute atomic E-state index is 12.2. The standard InChI is InChI=1S/C15H17NO3/c1-10(14(18)19)13(17)16-8-11-4-2-3-5-12(11)15(9-16)6-7-15/h2-5,10H,6-9H2,1H3,(H,18,19). The first-order valence-electron chi connectivity index (χ1n) is 6.63. The highest BCUT2D eigenvalue weighted by Crippen LogP contribution is 2.52. The molecule has 1 unspecified atom stereocenters. The van der Waals surface area contributed by atoms with E-state index in [1.165, 1.54) is 12.5 Å². The van der Waals surface area contributed by atoms with Crippen LogP contribution in [-0.4, -0.2) is 28.4 Å². The molecule has 4 nitrogen and oxygen atoms in total. The van der Waals surface area contributed by atoms with Crippen molar-refractivity contribution in [1.82, 2.24) is 4.90 Å². The molecule has 0 aromatic heterocycles. The van der Waals surface area contributed by atoms with Gasteiger partial charge in [0.1, 0.15) is 5.92 Å². The summed E-state index contributed by atoms with van der Waals surface area (Å²) in [6.45, 7) is 2.67. The van der Waals surface area contributed by atoms with Crippen molar-refractivity contribution in [2.24, 2.45) is 5.92 Å². The molecule has 1 fully saturated rings. The summed E-state index contributed by atoms with van der Waals surface area (Å²) < 4.78 is 0. The van der Waals surface area contributed by atoms with Crippen LogP contribution < -0.4 is 0 Å². The second-order valence-electron chi connectivity index (χ2n) is 5.69. The SMILES string of the molecule is CC(C(=O)O)C(=O)N1Cc2ccccc2C2(CC2)C1. The highest BCUT2D eigenvalue weighted by molar-refractivity contribution is 5.96. The molecule has 2 aliphatic rings. The van der Waals surface area contributed by atoms with Crippen LogP contribution in [0.3, 0.4) is 0 Å². The normalized spacial score (nSPS) is 20.8. The van der Waals surface area contributed by atoms with Crippen molar-refractivity contribution in [3.63, 3.8) is 0 Å². The molecule has 0 saturated heterocycles. The van der Waals surface area contributed by atoms with Gasteiger partial charge in [-0.15, -0.1) is 0 Å². The van der Waals surface area contributed by atoms with Gasteiger partial charge in [0.05, 0.1) is 0 Å². The van der Waals surface area contributed by atoms with Crippen LogP contribution in [0.2, 0.25) is 0 Å². The van der Waals surface area contributed by atoms with Crippen molar-refractivity contribution in [1.29, 1.82) is 0 Å². The number of hydrogen-bond acceptors (Lipinski definition) is 2. The van der Waals surface area contributed by atoms with Gasteiger partial charge < -0.3 is 10.0 Å². The van der Waals surface area contributed by atoms with Crippen LogP contribution in [0.5, 0.6) is 0 Å². The molecule has 0 radical (unpaired) electrons. The van der Waals surface area contributed by atoms with E-state index in [0.29, 0.717) is 13.1 Å². The number of carbonyl (C=O) groups is 2. The monoisotopic (exact) mass is 259 g/mol. The predicted molar refractivity (Wildman–Crippen MR) is 69.6 cm³/mol. The molecule has 4 heteroatoms. The van der Waals surface area contributed by atoms with Gasteiger partial charge in [-0.05, 0) is 30.9 Å². The highest BCUT2D eigenvalue weighted by Gasteiger charge is 2.50. The maximum Gasteiger partial charge on any atom is 0.315 e. The lowest BCUT2D eigenvalue weighted by atomic mass is 9.86. The minimum atomic E-state index is -1.05. The van der Waals surface area contributed by atoms with Crippen LogP contribution in [0.1, 0.15) is 30.9 Å². The number of nitrogens with zero attached hydrogens (tertiary/aromatic N) is 1. The summed E-state index contributed by atoms with van der Waals surface area (Å²) in [5, 5.41) is 8.98. The Morgan fingerprint density at radius 1 is 1.32 bits per heavy atom. The van der Waals surface area contributed by atoms with Gasteiger partial charge in [0.15, 0.2) is 0 Å². The number of hydrogen-bond donors (Lipinski definition) is 1. The third-order valence-corrected chi connectivity index (χ3v) is 4.35. The first kappa shape index (κ1) is 12.2. The minimum absolute atomic E-state index is 0.0999. The average Bonchev–Trinajstić information content (AvgIpc) is 3.17. The summed E-state index contributed by atoms with van der Waals surface area (Å²) in [4.78, 5) is 24.9. The molecule has 1 amide bonds. The van der Waals surface area contributed by atoms with Crippen molar-refractivity contribution in [2.45, 2.75) is 31.7 Å². The number of benzene rings is 1. The number of carboxylic acids is 1. The molecule has 1 aliphatic heterocycles. The zero-order valence-corrected chi connectivity index (χ0v) is 10.9. The van der Waals surface area contributed by atoms with Gasteiger partial charge in [-0.1, -0.05) is 24.3 Å².